The van der Waals surface area contributed by atoms with Crippen molar-refractivity contribution in [1.82, 2.24) is 14.4 Å². The summed E-state index contributed by atoms with van der Waals surface area (Å²) in [6.45, 7) is 1.71. The summed E-state index contributed by atoms with van der Waals surface area (Å²) in [7, 11) is 0. The molecule has 0 aliphatic carbocycles. The van der Waals surface area contributed by atoms with Crippen molar-refractivity contribution in [2.24, 2.45) is 0 Å². The smallest absolute Gasteiger partial charge is 0.180 e. The van der Waals surface area contributed by atoms with E-state index in [0.29, 0.717) is 5.82 Å². The predicted octanol–water partition coefficient (Wildman–Crippen LogP) is 1.83. The van der Waals surface area contributed by atoms with E-state index in [2.05, 4.69) is 39.1 Å². The van der Waals surface area contributed by atoms with Crippen molar-refractivity contribution in [2.45, 2.75) is 13.1 Å². The van der Waals surface area contributed by atoms with Crippen molar-refractivity contribution >= 4 is 17.3 Å². The molecule has 0 amide bonds. The molecule has 2 aromatic heterocycles. The third kappa shape index (κ3) is 1.55. The van der Waals surface area contributed by atoms with Gasteiger partial charge in [0, 0.05) is 25.5 Å². The van der Waals surface area contributed by atoms with Crippen LogP contribution in [0.2, 0.25) is 0 Å². The quantitative estimate of drug-likeness (QED) is 0.717. The van der Waals surface area contributed by atoms with Crippen LogP contribution in [0, 0.1) is 0 Å². The van der Waals surface area contributed by atoms with Gasteiger partial charge in [0.05, 0.1) is 6.20 Å². The van der Waals surface area contributed by atoms with E-state index in [1.165, 1.54) is 11.1 Å². The molecule has 0 fully saturated rings. The number of nitrogens with zero attached hydrogens (tertiary/aromatic N) is 4. The molecule has 1 aliphatic heterocycles. The molecular weight excluding hydrogens is 238 g/mol. The van der Waals surface area contributed by atoms with Crippen molar-refractivity contribution in [2.75, 3.05) is 10.6 Å². The number of anilines is 2. The number of hydrogen-bond acceptors (Lipinski definition) is 4. The molecule has 0 spiro atoms. The molecule has 2 N–H and O–H groups in total. The fourth-order valence-corrected chi connectivity index (χ4v) is 2.63. The van der Waals surface area contributed by atoms with Gasteiger partial charge in [0.2, 0.25) is 0 Å². The van der Waals surface area contributed by atoms with Gasteiger partial charge >= 0.3 is 0 Å². The van der Waals surface area contributed by atoms with Gasteiger partial charge in [0.15, 0.2) is 11.5 Å². The van der Waals surface area contributed by atoms with Crippen molar-refractivity contribution in [3.63, 3.8) is 0 Å². The Balaban J connectivity index is 1.83. The lowest BCUT2D eigenvalue weighted by molar-refractivity contribution is 0.854. The molecular formula is C14H13N5. The van der Waals surface area contributed by atoms with Crippen molar-refractivity contribution in [3.05, 3.63) is 54.0 Å². The third-order valence-corrected chi connectivity index (χ3v) is 3.52. The van der Waals surface area contributed by atoms with E-state index in [-0.39, 0.29) is 0 Å². The number of benzene rings is 1. The normalized spacial score (nSPS) is 14.0. The highest BCUT2D eigenvalue weighted by atomic mass is 15.2. The Hall–Kier alpha value is -2.56. The minimum atomic E-state index is 0.511. The van der Waals surface area contributed by atoms with Crippen LogP contribution < -0.4 is 10.6 Å². The average molecular weight is 251 g/mol. The van der Waals surface area contributed by atoms with Gasteiger partial charge in [-0.05, 0) is 11.1 Å². The lowest BCUT2D eigenvalue weighted by Gasteiger charge is -2.17. The van der Waals surface area contributed by atoms with E-state index < -0.39 is 0 Å². The molecule has 0 saturated heterocycles. The summed E-state index contributed by atoms with van der Waals surface area (Å²) >= 11 is 0. The van der Waals surface area contributed by atoms with Gasteiger partial charge in [0.25, 0.3) is 0 Å². The lowest BCUT2D eigenvalue weighted by atomic mass is 10.1. The fourth-order valence-electron chi connectivity index (χ4n) is 2.63. The van der Waals surface area contributed by atoms with Gasteiger partial charge in [-0.15, -0.1) is 0 Å². The van der Waals surface area contributed by atoms with E-state index in [4.69, 9.17) is 5.73 Å². The van der Waals surface area contributed by atoms with Crippen LogP contribution in [0.25, 0.3) is 5.65 Å². The van der Waals surface area contributed by atoms with E-state index in [9.17, 15) is 0 Å². The molecule has 1 aliphatic rings. The molecule has 5 nitrogen and oxygen atoms in total. The van der Waals surface area contributed by atoms with Crippen LogP contribution in [0.5, 0.6) is 0 Å². The Morgan fingerprint density at radius 2 is 1.84 bits per heavy atom. The molecule has 94 valence electrons. The van der Waals surface area contributed by atoms with Crippen LogP contribution in [0.4, 0.5) is 11.6 Å². The fraction of sp³-hybridized carbons (Fsp3) is 0.143. The average Bonchev–Trinajstić information content (AvgIpc) is 3.03. The Bertz CT molecular complexity index is 736. The maximum atomic E-state index is 5.87. The SMILES string of the molecule is Nc1cn2ccnc2c(N2Cc3ccccc3C2)n1. The molecule has 4 rings (SSSR count). The zero-order chi connectivity index (χ0) is 12.8. The molecule has 3 heterocycles. The highest BCUT2D eigenvalue weighted by Crippen LogP contribution is 2.29. The summed E-state index contributed by atoms with van der Waals surface area (Å²) < 4.78 is 1.92. The Morgan fingerprint density at radius 1 is 1.11 bits per heavy atom. The molecule has 1 aromatic carbocycles. The molecule has 0 atom stereocenters. The second kappa shape index (κ2) is 3.71. The largest absolute Gasteiger partial charge is 0.382 e. The number of nitrogen functional groups attached to an aromatic ring is 1. The van der Waals surface area contributed by atoms with Crippen molar-refractivity contribution < 1.29 is 0 Å². The molecule has 0 bridgehead atoms. The topological polar surface area (TPSA) is 59.5 Å². The number of rotatable bonds is 1. The standard InChI is InChI=1S/C14H13N5/c15-12-9-18-6-5-16-13(18)14(17-12)19-7-10-3-1-2-4-11(10)8-19/h1-6,9H,7-8,15H2. The minimum Gasteiger partial charge on any atom is -0.382 e. The number of aromatic nitrogens is 3. The van der Waals surface area contributed by atoms with Gasteiger partial charge in [-0.2, -0.15) is 0 Å². The molecule has 0 radical (unpaired) electrons. The lowest BCUT2D eigenvalue weighted by Crippen LogP contribution is -2.18. The zero-order valence-corrected chi connectivity index (χ0v) is 10.3. The van der Waals surface area contributed by atoms with Gasteiger partial charge in [-0.25, -0.2) is 9.97 Å². The first-order chi connectivity index (χ1) is 9.31. The number of imidazole rings is 1. The Labute approximate surface area is 110 Å². The summed E-state index contributed by atoms with van der Waals surface area (Å²) in [6.07, 6.45) is 5.44. The van der Waals surface area contributed by atoms with Gasteiger partial charge in [0.1, 0.15) is 5.82 Å². The van der Waals surface area contributed by atoms with Crippen LogP contribution in [-0.2, 0) is 13.1 Å². The van der Waals surface area contributed by atoms with Crippen LogP contribution in [0.15, 0.2) is 42.9 Å². The maximum absolute atomic E-state index is 5.87. The first kappa shape index (κ1) is 10.4. The molecule has 0 saturated carbocycles. The highest BCUT2D eigenvalue weighted by molar-refractivity contribution is 5.67. The molecule has 19 heavy (non-hydrogen) atoms. The zero-order valence-electron chi connectivity index (χ0n) is 10.3. The van der Waals surface area contributed by atoms with Crippen LogP contribution >= 0.6 is 0 Å². The molecule has 3 aromatic rings. The van der Waals surface area contributed by atoms with Crippen molar-refractivity contribution in [3.8, 4) is 0 Å². The third-order valence-electron chi connectivity index (χ3n) is 3.52. The Kier molecular flexibility index (Phi) is 2.03. The summed E-state index contributed by atoms with van der Waals surface area (Å²) in [5.41, 5.74) is 9.41. The molecule has 0 unspecified atom stereocenters. The first-order valence-electron chi connectivity index (χ1n) is 6.22. The van der Waals surface area contributed by atoms with Crippen LogP contribution in [0.1, 0.15) is 11.1 Å². The van der Waals surface area contributed by atoms with Gasteiger partial charge in [-0.1, -0.05) is 24.3 Å². The minimum absolute atomic E-state index is 0.511. The monoisotopic (exact) mass is 251 g/mol. The summed E-state index contributed by atoms with van der Waals surface area (Å²) in [4.78, 5) is 11.0. The van der Waals surface area contributed by atoms with Crippen LogP contribution in [-0.4, -0.2) is 14.4 Å². The first-order valence-corrected chi connectivity index (χ1v) is 6.22. The van der Waals surface area contributed by atoms with Gasteiger partial charge < -0.3 is 15.0 Å². The summed E-state index contributed by atoms with van der Waals surface area (Å²) in [6, 6.07) is 8.45. The second-order valence-corrected chi connectivity index (χ2v) is 4.77. The van der Waals surface area contributed by atoms with E-state index in [0.717, 1.165) is 24.6 Å². The van der Waals surface area contributed by atoms with Crippen molar-refractivity contribution in [1.29, 1.82) is 0 Å². The van der Waals surface area contributed by atoms with Gasteiger partial charge in [-0.3, -0.25) is 0 Å². The highest BCUT2D eigenvalue weighted by Gasteiger charge is 2.22. The number of fused-ring (bicyclic) bond motifs is 2. The second-order valence-electron chi connectivity index (χ2n) is 4.77. The Morgan fingerprint density at radius 3 is 2.58 bits per heavy atom. The van der Waals surface area contributed by atoms with E-state index in [1.807, 2.05) is 10.6 Å². The van der Waals surface area contributed by atoms with E-state index in [1.54, 1.807) is 12.4 Å². The summed E-state index contributed by atoms with van der Waals surface area (Å²) in [5, 5.41) is 0. The molecule has 5 heteroatoms. The summed E-state index contributed by atoms with van der Waals surface area (Å²) in [5.74, 6) is 1.36. The maximum Gasteiger partial charge on any atom is 0.180 e. The number of nitrogens with two attached hydrogens (primary N) is 1. The predicted molar refractivity (Wildman–Crippen MR) is 73.7 cm³/mol. The number of hydrogen-bond donors (Lipinski definition) is 1. The van der Waals surface area contributed by atoms with Crippen LogP contribution in [0.3, 0.4) is 0 Å². The van der Waals surface area contributed by atoms with E-state index >= 15 is 0 Å².